The van der Waals surface area contributed by atoms with Crippen LogP contribution in [0.15, 0.2) is 0 Å². The number of amides is 3. The molecule has 4 aliphatic heterocycles. The zero-order valence-corrected chi connectivity index (χ0v) is 37.9. The quantitative estimate of drug-likeness (QED) is 0.0359. The van der Waals surface area contributed by atoms with E-state index < -0.39 is 129 Å². The van der Waals surface area contributed by atoms with Crippen molar-refractivity contribution in [1.29, 1.82) is 0 Å². The molecule has 0 aliphatic carbocycles. The van der Waals surface area contributed by atoms with Gasteiger partial charge in [-0.05, 0) is 37.5 Å². The highest BCUT2D eigenvalue weighted by molar-refractivity contribution is 5.79. The Hall–Kier alpha value is -2.64. The predicted molar refractivity (Wildman–Crippen MR) is 225 cm³/mol. The van der Waals surface area contributed by atoms with Crippen LogP contribution in [0.3, 0.4) is 0 Å². The van der Waals surface area contributed by atoms with Gasteiger partial charge in [0.25, 0.3) is 0 Å². The van der Waals surface area contributed by atoms with E-state index in [1.807, 2.05) is 0 Å². The van der Waals surface area contributed by atoms with Crippen LogP contribution in [0.1, 0.15) is 71.1 Å². The molecule has 0 spiro atoms. The lowest BCUT2D eigenvalue weighted by molar-refractivity contribution is -0.303. The van der Waals surface area contributed by atoms with E-state index in [9.17, 15) is 80.5 Å². The van der Waals surface area contributed by atoms with E-state index in [-0.39, 0.29) is 89.9 Å². The molecule has 0 unspecified atom stereocenters. The molecular formula is C42H73N3O22. The second-order valence-electron chi connectivity index (χ2n) is 17.6. The molecule has 4 heterocycles. The summed E-state index contributed by atoms with van der Waals surface area (Å²) in [5.41, 5.74) is -0.812. The van der Waals surface area contributed by atoms with Crippen molar-refractivity contribution in [2.75, 3.05) is 72.4 Å². The van der Waals surface area contributed by atoms with Gasteiger partial charge in [0.05, 0.1) is 39.6 Å². The zero-order valence-electron chi connectivity index (χ0n) is 37.9. The number of aliphatic hydroxyl groups is 12. The number of unbranched alkanes of at least 4 members (excludes halogenated alkanes) is 1. The van der Waals surface area contributed by atoms with E-state index in [1.165, 1.54) is 4.90 Å². The fourth-order valence-corrected chi connectivity index (χ4v) is 8.51. The van der Waals surface area contributed by atoms with Crippen molar-refractivity contribution in [1.82, 2.24) is 15.1 Å². The van der Waals surface area contributed by atoms with Gasteiger partial charge in [-0.1, -0.05) is 6.92 Å². The van der Waals surface area contributed by atoms with Crippen LogP contribution in [-0.2, 0) is 47.6 Å². The number of nitrogens with zero attached hydrogens (tertiary/aromatic N) is 2. The van der Waals surface area contributed by atoms with E-state index in [1.54, 1.807) is 11.8 Å². The fraction of sp³-hybridized carbons (Fsp3) is 0.905. The SMILES string of the molecule is CCC(=O)CCCCC(=O)N1CCC(CCC(=O)N(CCO[C@H]2O[C@H](CO)[C@@H](O)[C@H](O)[C@@H]2O)CCO[C@H]2O[C@H](CO)[C@@H](O)[C@H](O)[C@@H]2O)(CC(=O)NCCO[C@@H]2O[C@H](CO)[C@@H](O)[C@H](O)[C@H]2O)CC1. The molecule has 0 saturated carbocycles. The number of carbonyl (C=O) groups is 4. The van der Waals surface area contributed by atoms with Crippen molar-refractivity contribution in [3.05, 3.63) is 0 Å². The van der Waals surface area contributed by atoms with Crippen molar-refractivity contribution in [3.8, 4) is 0 Å². The Morgan fingerprint density at radius 3 is 1.48 bits per heavy atom. The molecule has 0 aromatic rings. The number of hydrogen-bond donors (Lipinski definition) is 13. The van der Waals surface area contributed by atoms with Gasteiger partial charge in [0.2, 0.25) is 17.7 Å². The number of nitrogens with one attached hydrogen (secondary N) is 1. The first-order valence-electron chi connectivity index (χ1n) is 23.0. The molecule has 0 aromatic carbocycles. The second kappa shape index (κ2) is 27.7. The van der Waals surface area contributed by atoms with Gasteiger partial charge in [-0.25, -0.2) is 0 Å². The smallest absolute Gasteiger partial charge is 0.222 e. The lowest BCUT2D eigenvalue weighted by Gasteiger charge is -2.42. The van der Waals surface area contributed by atoms with Gasteiger partial charge >= 0.3 is 0 Å². The summed E-state index contributed by atoms with van der Waals surface area (Å²) in [5, 5.41) is 123. The van der Waals surface area contributed by atoms with Crippen LogP contribution in [0.4, 0.5) is 0 Å². The van der Waals surface area contributed by atoms with Gasteiger partial charge < -0.3 is 105 Å². The van der Waals surface area contributed by atoms with E-state index in [4.69, 9.17) is 28.4 Å². The summed E-state index contributed by atoms with van der Waals surface area (Å²) >= 11 is 0. The summed E-state index contributed by atoms with van der Waals surface area (Å²) in [4.78, 5) is 55.6. The van der Waals surface area contributed by atoms with Crippen LogP contribution in [0.25, 0.3) is 0 Å². The van der Waals surface area contributed by atoms with Crippen molar-refractivity contribution in [3.63, 3.8) is 0 Å². The Kier molecular flexibility index (Phi) is 23.5. The number of carbonyl (C=O) groups excluding carboxylic acids is 4. The van der Waals surface area contributed by atoms with Crippen LogP contribution in [0.5, 0.6) is 0 Å². The summed E-state index contributed by atoms with van der Waals surface area (Å²) < 4.78 is 33.0. The summed E-state index contributed by atoms with van der Waals surface area (Å²) in [5.74, 6) is -0.885. The molecule has 67 heavy (non-hydrogen) atoms. The minimum absolute atomic E-state index is 0.0787. The van der Waals surface area contributed by atoms with Gasteiger partial charge in [0.1, 0.15) is 79.0 Å². The monoisotopic (exact) mass is 971 g/mol. The number of piperidine rings is 1. The van der Waals surface area contributed by atoms with E-state index in [2.05, 4.69) is 5.32 Å². The molecule has 4 fully saturated rings. The number of hydrogen-bond acceptors (Lipinski definition) is 22. The molecule has 0 bridgehead atoms. The lowest BCUT2D eigenvalue weighted by atomic mass is 9.72. The van der Waals surface area contributed by atoms with Gasteiger partial charge in [-0.15, -0.1) is 0 Å². The lowest BCUT2D eigenvalue weighted by Crippen LogP contribution is -2.59. The number of ether oxygens (including phenoxy) is 6. The van der Waals surface area contributed by atoms with E-state index >= 15 is 0 Å². The zero-order chi connectivity index (χ0) is 49.4. The molecule has 388 valence electrons. The summed E-state index contributed by atoms with van der Waals surface area (Å²) in [6, 6.07) is 0. The molecule has 25 nitrogen and oxygen atoms in total. The number of Topliss-reactive ketones (excluding diaryl/α,β-unsaturated/α-hetero) is 1. The highest BCUT2D eigenvalue weighted by Crippen LogP contribution is 2.40. The highest BCUT2D eigenvalue weighted by atomic mass is 16.7. The molecule has 0 radical (unpaired) electrons. The van der Waals surface area contributed by atoms with Gasteiger partial charge in [-0.3, -0.25) is 19.2 Å². The maximum absolute atomic E-state index is 14.1. The minimum Gasteiger partial charge on any atom is -0.394 e. The van der Waals surface area contributed by atoms with E-state index in [0.29, 0.717) is 38.5 Å². The van der Waals surface area contributed by atoms with E-state index in [0.717, 1.165) is 0 Å². The summed E-state index contributed by atoms with van der Waals surface area (Å²) in [6.07, 6.45) is -20.4. The molecule has 25 heteroatoms. The number of ketones is 1. The molecule has 0 aromatic heterocycles. The third kappa shape index (κ3) is 15.9. The predicted octanol–water partition coefficient (Wildman–Crippen LogP) is -6.30. The maximum Gasteiger partial charge on any atom is 0.222 e. The van der Waals surface area contributed by atoms with Crippen molar-refractivity contribution in [2.45, 2.75) is 163 Å². The first-order chi connectivity index (χ1) is 31.9. The molecule has 4 aliphatic rings. The Morgan fingerprint density at radius 1 is 0.612 bits per heavy atom. The fourth-order valence-electron chi connectivity index (χ4n) is 8.51. The Balaban J connectivity index is 1.43. The van der Waals surface area contributed by atoms with Crippen LogP contribution < -0.4 is 5.32 Å². The molecule has 4 saturated heterocycles. The van der Waals surface area contributed by atoms with Crippen molar-refractivity contribution >= 4 is 23.5 Å². The average molecular weight is 972 g/mol. The van der Waals surface area contributed by atoms with Crippen LogP contribution in [0.2, 0.25) is 0 Å². The highest BCUT2D eigenvalue weighted by Gasteiger charge is 2.47. The average Bonchev–Trinajstić information content (AvgIpc) is 3.32. The number of likely N-dealkylation sites (tertiary alicyclic amines) is 1. The number of rotatable bonds is 26. The molecule has 4 rings (SSSR count). The third-order valence-corrected chi connectivity index (χ3v) is 13.0. The van der Waals surface area contributed by atoms with Gasteiger partial charge in [0, 0.05) is 64.8 Å². The molecule has 15 atom stereocenters. The standard InChI is InChI=1S/C42H73N3O22/c1-2-23(49)5-3-4-6-28(51)44-12-9-42(10-13-44,19-27(50)43-11-16-62-39-36(59)33(56)30(53)24(20-46)65-39)8-7-29(52)45(14-17-63-40-37(60)34(57)31(54)25(21-47)66-40)15-18-64-41-38(61)35(58)32(55)26(22-48)67-41/h24-26,30-41,46-48,53-61H,2-22H2,1H3,(H,43,50)/t24-,25-,26-,30-,31-,32-,33+,34+,35+,36-,37+,38+,39-,40+,41+/m1/s1. The van der Waals surface area contributed by atoms with Crippen molar-refractivity contribution in [2.24, 2.45) is 5.41 Å². The Labute approximate surface area is 388 Å². The topological polar surface area (TPSA) is 385 Å². The largest absolute Gasteiger partial charge is 0.394 e. The van der Waals surface area contributed by atoms with Crippen LogP contribution in [-0.4, -0.2) is 259 Å². The van der Waals surface area contributed by atoms with Gasteiger partial charge in [-0.2, -0.15) is 0 Å². The first-order valence-corrected chi connectivity index (χ1v) is 23.0. The first kappa shape index (κ1) is 56.9. The van der Waals surface area contributed by atoms with Gasteiger partial charge in [0.15, 0.2) is 18.9 Å². The normalized spacial score (nSPS) is 34.4. The van der Waals surface area contributed by atoms with Crippen LogP contribution in [0, 0.1) is 5.41 Å². The minimum atomic E-state index is -1.72. The summed E-state index contributed by atoms with van der Waals surface area (Å²) in [7, 11) is 0. The second-order valence-corrected chi connectivity index (χ2v) is 17.6. The molecule has 13 N–H and O–H groups in total. The third-order valence-electron chi connectivity index (χ3n) is 13.0. The Morgan fingerprint density at radius 2 is 1.04 bits per heavy atom. The Bertz CT molecular complexity index is 1480. The maximum atomic E-state index is 14.1. The summed E-state index contributed by atoms with van der Waals surface area (Å²) in [6.45, 7) is -0.979. The molecule has 3 amide bonds. The molecular weight excluding hydrogens is 898 g/mol. The van der Waals surface area contributed by atoms with Crippen LogP contribution >= 0.6 is 0 Å². The van der Waals surface area contributed by atoms with Crippen molar-refractivity contribution < 1.29 is 109 Å². The number of aliphatic hydroxyl groups excluding tert-OH is 12.